The summed E-state index contributed by atoms with van der Waals surface area (Å²) in [7, 11) is 0. The molecule has 0 bridgehead atoms. The zero-order valence-corrected chi connectivity index (χ0v) is 11.1. The number of nitrogens with two attached hydrogens (primary N) is 1. The van der Waals surface area contributed by atoms with Crippen molar-refractivity contribution in [1.29, 1.82) is 5.26 Å². The number of hydrogen-bond acceptors (Lipinski definition) is 5. The molecule has 0 saturated carbocycles. The lowest BCUT2D eigenvalue weighted by Crippen LogP contribution is -2.33. The summed E-state index contributed by atoms with van der Waals surface area (Å²) in [6.45, 7) is 1.84. The smallest absolute Gasteiger partial charge is 0.145 e. The number of rotatable bonds is 2. The molecule has 1 aliphatic rings. The van der Waals surface area contributed by atoms with Gasteiger partial charge in [0.15, 0.2) is 0 Å². The summed E-state index contributed by atoms with van der Waals surface area (Å²) in [4.78, 5) is 6.57. The van der Waals surface area contributed by atoms with Crippen LogP contribution in [0.2, 0.25) is 0 Å². The van der Waals surface area contributed by atoms with Crippen LogP contribution < -0.4 is 10.6 Å². The molecule has 0 amide bonds. The highest BCUT2D eigenvalue weighted by Gasteiger charge is 2.22. The second-order valence-corrected chi connectivity index (χ2v) is 5.02. The first kappa shape index (κ1) is 12.5. The number of pyridine rings is 1. The van der Waals surface area contributed by atoms with Crippen LogP contribution >= 0.6 is 0 Å². The fourth-order valence-corrected chi connectivity index (χ4v) is 2.64. The Hall–Kier alpha value is -2.55. The van der Waals surface area contributed by atoms with Gasteiger partial charge < -0.3 is 10.6 Å². The van der Waals surface area contributed by atoms with Gasteiger partial charge in [0.2, 0.25) is 0 Å². The Balaban J connectivity index is 1.68. The Morgan fingerprint density at radius 1 is 1.35 bits per heavy atom. The lowest BCUT2D eigenvalue weighted by atomic mass is 9.93. The maximum absolute atomic E-state index is 8.93. The van der Waals surface area contributed by atoms with Crippen molar-refractivity contribution >= 4 is 11.6 Å². The normalized spacial score (nSPS) is 16.1. The molecule has 0 aliphatic carbocycles. The third-order valence-electron chi connectivity index (χ3n) is 3.75. The molecule has 2 aromatic heterocycles. The van der Waals surface area contributed by atoms with Crippen LogP contribution in [0.15, 0.2) is 24.4 Å². The van der Waals surface area contributed by atoms with E-state index >= 15 is 0 Å². The van der Waals surface area contributed by atoms with Crippen LogP contribution in [0.4, 0.5) is 11.6 Å². The van der Waals surface area contributed by atoms with E-state index in [1.807, 2.05) is 12.1 Å². The molecule has 1 saturated heterocycles. The summed E-state index contributed by atoms with van der Waals surface area (Å²) in [5.74, 6) is 1.90. The maximum atomic E-state index is 8.93. The summed E-state index contributed by atoms with van der Waals surface area (Å²) >= 11 is 0. The van der Waals surface area contributed by atoms with Crippen LogP contribution in [0, 0.1) is 11.3 Å². The van der Waals surface area contributed by atoms with Gasteiger partial charge >= 0.3 is 0 Å². The number of piperidine rings is 1. The van der Waals surface area contributed by atoms with Crippen molar-refractivity contribution in [3.63, 3.8) is 0 Å². The predicted octanol–water partition coefficient (Wildman–Crippen LogP) is 1.64. The minimum atomic E-state index is 0.468. The summed E-state index contributed by atoms with van der Waals surface area (Å²) in [5.41, 5.74) is 7.41. The fourth-order valence-electron chi connectivity index (χ4n) is 2.64. The lowest BCUT2D eigenvalue weighted by molar-refractivity contribution is 0.493. The van der Waals surface area contributed by atoms with Crippen molar-refractivity contribution in [2.45, 2.75) is 18.8 Å². The zero-order valence-electron chi connectivity index (χ0n) is 11.1. The number of aromatic nitrogens is 3. The molecule has 3 N–H and O–H groups in total. The summed E-state index contributed by atoms with van der Waals surface area (Å²) < 4.78 is 0. The van der Waals surface area contributed by atoms with Crippen LogP contribution in [-0.2, 0) is 0 Å². The number of nitrogens with one attached hydrogen (secondary N) is 1. The minimum Gasteiger partial charge on any atom is -0.382 e. The Morgan fingerprint density at radius 2 is 2.15 bits per heavy atom. The van der Waals surface area contributed by atoms with E-state index in [0.29, 0.717) is 17.3 Å². The highest BCUT2D eigenvalue weighted by atomic mass is 15.2. The number of nitrogens with zero attached hydrogens (tertiary/aromatic N) is 4. The van der Waals surface area contributed by atoms with Gasteiger partial charge in [-0.15, -0.1) is 0 Å². The molecule has 2 aromatic rings. The second-order valence-electron chi connectivity index (χ2n) is 5.02. The Kier molecular flexibility index (Phi) is 3.25. The topological polar surface area (TPSA) is 94.6 Å². The van der Waals surface area contributed by atoms with E-state index in [0.717, 1.165) is 37.4 Å². The molecule has 3 rings (SSSR count). The van der Waals surface area contributed by atoms with E-state index in [-0.39, 0.29) is 0 Å². The van der Waals surface area contributed by atoms with Gasteiger partial charge in [0, 0.05) is 37.0 Å². The lowest BCUT2D eigenvalue weighted by Gasteiger charge is -2.32. The van der Waals surface area contributed by atoms with Crippen molar-refractivity contribution in [3.05, 3.63) is 35.7 Å². The van der Waals surface area contributed by atoms with Gasteiger partial charge in [0.05, 0.1) is 11.6 Å². The predicted molar refractivity (Wildman–Crippen MR) is 76.1 cm³/mol. The zero-order chi connectivity index (χ0) is 13.9. The van der Waals surface area contributed by atoms with Gasteiger partial charge in [-0.3, -0.25) is 5.10 Å². The first-order chi connectivity index (χ1) is 9.76. The molecular weight excluding hydrogens is 252 g/mol. The van der Waals surface area contributed by atoms with Crippen LogP contribution in [0.1, 0.15) is 30.0 Å². The molecule has 1 aliphatic heterocycles. The highest BCUT2D eigenvalue weighted by molar-refractivity contribution is 5.45. The average molecular weight is 268 g/mol. The maximum Gasteiger partial charge on any atom is 0.145 e. The standard InChI is InChI=1S/C14H16N6/c15-9-10-1-4-17-14(7-10)20-5-2-11(3-6-20)12-8-13(16)19-18-12/h1,4,7-8,11H,2-3,5-6H2,(H3,16,18,19). The molecule has 0 unspecified atom stereocenters. The van der Waals surface area contributed by atoms with E-state index in [9.17, 15) is 0 Å². The van der Waals surface area contributed by atoms with Crippen molar-refractivity contribution in [1.82, 2.24) is 15.2 Å². The van der Waals surface area contributed by atoms with E-state index < -0.39 is 0 Å². The van der Waals surface area contributed by atoms with Crippen molar-refractivity contribution in [2.24, 2.45) is 0 Å². The van der Waals surface area contributed by atoms with Gasteiger partial charge in [-0.05, 0) is 25.0 Å². The van der Waals surface area contributed by atoms with E-state index in [1.54, 1.807) is 12.3 Å². The number of anilines is 2. The van der Waals surface area contributed by atoms with Gasteiger partial charge in [0.1, 0.15) is 11.6 Å². The first-order valence-electron chi connectivity index (χ1n) is 6.68. The van der Waals surface area contributed by atoms with E-state index in [2.05, 4.69) is 26.2 Å². The molecule has 20 heavy (non-hydrogen) atoms. The summed E-state index contributed by atoms with van der Waals surface area (Å²) in [5, 5.41) is 15.9. The molecule has 0 radical (unpaired) electrons. The molecule has 102 valence electrons. The minimum absolute atomic E-state index is 0.468. The third-order valence-corrected chi connectivity index (χ3v) is 3.75. The molecule has 6 heteroatoms. The number of nitriles is 1. The van der Waals surface area contributed by atoms with Gasteiger partial charge in [-0.25, -0.2) is 4.98 Å². The van der Waals surface area contributed by atoms with Gasteiger partial charge in [-0.1, -0.05) is 0 Å². The molecule has 0 aromatic carbocycles. The molecule has 0 spiro atoms. The Morgan fingerprint density at radius 3 is 2.80 bits per heavy atom. The molecule has 0 atom stereocenters. The van der Waals surface area contributed by atoms with E-state index in [4.69, 9.17) is 11.0 Å². The summed E-state index contributed by atoms with van der Waals surface area (Å²) in [6.07, 6.45) is 3.75. The van der Waals surface area contributed by atoms with Crippen LogP contribution in [0.5, 0.6) is 0 Å². The van der Waals surface area contributed by atoms with Crippen molar-refractivity contribution in [2.75, 3.05) is 23.7 Å². The molecule has 1 fully saturated rings. The van der Waals surface area contributed by atoms with Crippen LogP contribution in [0.25, 0.3) is 0 Å². The number of nitrogen functional groups attached to an aromatic ring is 1. The summed E-state index contributed by atoms with van der Waals surface area (Å²) in [6, 6.07) is 7.63. The van der Waals surface area contributed by atoms with Crippen LogP contribution in [-0.4, -0.2) is 28.3 Å². The van der Waals surface area contributed by atoms with Crippen molar-refractivity contribution in [3.8, 4) is 6.07 Å². The quantitative estimate of drug-likeness (QED) is 0.863. The highest BCUT2D eigenvalue weighted by Crippen LogP contribution is 2.29. The Bertz CT molecular complexity index is 633. The average Bonchev–Trinajstić information content (AvgIpc) is 2.94. The van der Waals surface area contributed by atoms with E-state index in [1.165, 1.54) is 0 Å². The molecular formula is C14H16N6. The van der Waals surface area contributed by atoms with Gasteiger partial charge in [0.25, 0.3) is 0 Å². The molecule has 3 heterocycles. The van der Waals surface area contributed by atoms with Crippen molar-refractivity contribution < 1.29 is 0 Å². The number of H-pyrrole nitrogens is 1. The Labute approximate surface area is 117 Å². The molecule has 6 nitrogen and oxygen atoms in total. The second kappa shape index (κ2) is 5.21. The number of hydrogen-bond donors (Lipinski definition) is 2. The third kappa shape index (κ3) is 2.43. The fraction of sp³-hybridized carbons (Fsp3) is 0.357. The first-order valence-corrected chi connectivity index (χ1v) is 6.68. The SMILES string of the molecule is N#Cc1ccnc(N2CCC(c3cc(N)n[nH]3)CC2)c1. The number of aromatic amines is 1. The van der Waals surface area contributed by atoms with Gasteiger partial charge in [-0.2, -0.15) is 10.4 Å². The van der Waals surface area contributed by atoms with Crippen LogP contribution in [0.3, 0.4) is 0 Å². The largest absolute Gasteiger partial charge is 0.382 e. The monoisotopic (exact) mass is 268 g/mol.